The zero-order valence-electron chi connectivity index (χ0n) is 10.7. The Hall–Kier alpha value is -1.35. The van der Waals surface area contributed by atoms with Gasteiger partial charge in [-0.2, -0.15) is 0 Å². The quantitative estimate of drug-likeness (QED) is 0.813. The molecule has 0 saturated carbocycles. The molecule has 0 spiro atoms. The van der Waals surface area contributed by atoms with Gasteiger partial charge in [-0.05, 0) is 36.9 Å². The first kappa shape index (κ1) is 11.7. The minimum absolute atomic E-state index is 0.198. The molecule has 0 aliphatic carbocycles. The summed E-state index contributed by atoms with van der Waals surface area (Å²) in [7, 11) is 0. The van der Waals surface area contributed by atoms with Crippen LogP contribution in [0.15, 0.2) is 24.3 Å². The molecule has 1 unspecified atom stereocenters. The monoisotopic (exact) mass is 244 g/mol. The summed E-state index contributed by atoms with van der Waals surface area (Å²) < 4.78 is 0. The van der Waals surface area contributed by atoms with Crippen LogP contribution < -0.4 is 5.32 Å². The van der Waals surface area contributed by atoms with Crippen LogP contribution in [0.4, 0.5) is 0 Å². The van der Waals surface area contributed by atoms with Crippen LogP contribution in [0, 0.1) is 5.92 Å². The van der Waals surface area contributed by atoms with Crippen molar-refractivity contribution in [2.75, 3.05) is 19.6 Å². The van der Waals surface area contributed by atoms with Crippen molar-refractivity contribution in [1.29, 1.82) is 0 Å². The number of hydrogen-bond acceptors (Lipinski definition) is 2. The van der Waals surface area contributed by atoms with Crippen molar-refractivity contribution in [2.45, 2.75) is 25.8 Å². The standard InChI is InChI=1S/C15H20N2O/c18-15(13-6-3-8-16-10-13)17-9-7-12-4-1-2-5-14(12)11-17/h1-2,4-5,13,16H,3,6-11H2. The Morgan fingerprint density at radius 2 is 2.11 bits per heavy atom. The highest BCUT2D eigenvalue weighted by atomic mass is 16.2. The Labute approximate surface area is 108 Å². The lowest BCUT2D eigenvalue weighted by Gasteiger charge is -2.33. The Balaban J connectivity index is 1.69. The van der Waals surface area contributed by atoms with Gasteiger partial charge in [0.15, 0.2) is 0 Å². The fraction of sp³-hybridized carbons (Fsp3) is 0.533. The number of piperidine rings is 1. The van der Waals surface area contributed by atoms with E-state index in [1.54, 1.807) is 0 Å². The summed E-state index contributed by atoms with van der Waals surface area (Å²) in [4.78, 5) is 14.5. The van der Waals surface area contributed by atoms with Gasteiger partial charge in [-0.25, -0.2) is 0 Å². The summed E-state index contributed by atoms with van der Waals surface area (Å²) in [6.07, 6.45) is 3.17. The maximum absolute atomic E-state index is 12.4. The largest absolute Gasteiger partial charge is 0.338 e. The number of benzene rings is 1. The van der Waals surface area contributed by atoms with Crippen LogP contribution in [0.1, 0.15) is 24.0 Å². The molecular weight excluding hydrogens is 224 g/mol. The van der Waals surface area contributed by atoms with Gasteiger partial charge in [-0.3, -0.25) is 4.79 Å². The number of nitrogens with zero attached hydrogens (tertiary/aromatic N) is 1. The fourth-order valence-electron chi connectivity index (χ4n) is 3.00. The average Bonchev–Trinajstić information content (AvgIpc) is 2.47. The molecule has 1 aromatic rings. The molecule has 0 aromatic heterocycles. The van der Waals surface area contributed by atoms with Crippen LogP contribution >= 0.6 is 0 Å². The van der Waals surface area contributed by atoms with E-state index in [1.165, 1.54) is 11.1 Å². The summed E-state index contributed by atoms with van der Waals surface area (Å²) in [6, 6.07) is 8.48. The normalized spacial score (nSPS) is 23.6. The number of carbonyl (C=O) groups is 1. The summed E-state index contributed by atoms with van der Waals surface area (Å²) in [5.41, 5.74) is 2.73. The first-order chi connectivity index (χ1) is 8.84. The molecule has 2 aliphatic rings. The van der Waals surface area contributed by atoms with Crippen LogP contribution in [-0.2, 0) is 17.8 Å². The van der Waals surface area contributed by atoms with Gasteiger partial charge in [0.2, 0.25) is 5.91 Å². The van der Waals surface area contributed by atoms with Crippen molar-refractivity contribution in [1.82, 2.24) is 10.2 Å². The Kier molecular flexibility index (Phi) is 3.33. The fourth-order valence-corrected chi connectivity index (χ4v) is 3.00. The van der Waals surface area contributed by atoms with Crippen molar-refractivity contribution >= 4 is 5.91 Å². The lowest BCUT2D eigenvalue weighted by molar-refractivity contribution is -0.137. The van der Waals surface area contributed by atoms with Gasteiger partial charge in [0, 0.05) is 19.6 Å². The summed E-state index contributed by atoms with van der Waals surface area (Å²) in [6.45, 7) is 3.60. The third-order valence-corrected chi connectivity index (χ3v) is 4.09. The van der Waals surface area contributed by atoms with E-state index < -0.39 is 0 Å². The number of amides is 1. The minimum Gasteiger partial charge on any atom is -0.338 e. The first-order valence-electron chi connectivity index (χ1n) is 6.91. The van der Waals surface area contributed by atoms with Crippen molar-refractivity contribution < 1.29 is 4.79 Å². The Morgan fingerprint density at radius 1 is 1.28 bits per heavy atom. The number of nitrogens with one attached hydrogen (secondary N) is 1. The Bertz CT molecular complexity index is 438. The third kappa shape index (κ3) is 2.27. The molecule has 3 nitrogen and oxygen atoms in total. The zero-order valence-corrected chi connectivity index (χ0v) is 10.7. The molecule has 0 radical (unpaired) electrons. The molecule has 3 rings (SSSR count). The van der Waals surface area contributed by atoms with Crippen molar-refractivity contribution in [3.63, 3.8) is 0 Å². The van der Waals surface area contributed by atoms with Crippen LogP contribution in [0.2, 0.25) is 0 Å². The molecule has 18 heavy (non-hydrogen) atoms. The third-order valence-electron chi connectivity index (χ3n) is 4.09. The van der Waals surface area contributed by atoms with Gasteiger partial charge in [0.05, 0.1) is 5.92 Å². The van der Waals surface area contributed by atoms with E-state index >= 15 is 0 Å². The van der Waals surface area contributed by atoms with E-state index in [1.807, 2.05) is 4.90 Å². The molecular formula is C15H20N2O. The van der Waals surface area contributed by atoms with E-state index in [0.717, 1.165) is 45.4 Å². The lowest BCUT2D eigenvalue weighted by atomic mass is 9.95. The smallest absolute Gasteiger partial charge is 0.227 e. The summed E-state index contributed by atoms with van der Waals surface area (Å²) >= 11 is 0. The highest BCUT2D eigenvalue weighted by Gasteiger charge is 2.27. The van der Waals surface area contributed by atoms with Gasteiger partial charge >= 0.3 is 0 Å². The van der Waals surface area contributed by atoms with Gasteiger partial charge in [-0.15, -0.1) is 0 Å². The summed E-state index contributed by atoms with van der Waals surface area (Å²) in [5, 5.41) is 3.33. The molecule has 3 heteroatoms. The maximum Gasteiger partial charge on any atom is 0.227 e. The van der Waals surface area contributed by atoms with Crippen LogP contribution in [-0.4, -0.2) is 30.4 Å². The predicted molar refractivity (Wildman–Crippen MR) is 71.2 cm³/mol. The number of fused-ring (bicyclic) bond motifs is 1. The second kappa shape index (κ2) is 5.11. The van der Waals surface area contributed by atoms with E-state index in [-0.39, 0.29) is 5.92 Å². The van der Waals surface area contributed by atoms with Gasteiger partial charge in [-0.1, -0.05) is 24.3 Å². The van der Waals surface area contributed by atoms with Gasteiger partial charge in [0.1, 0.15) is 0 Å². The summed E-state index contributed by atoms with van der Waals surface area (Å²) in [5.74, 6) is 0.542. The molecule has 1 aromatic carbocycles. The van der Waals surface area contributed by atoms with E-state index in [4.69, 9.17) is 0 Å². The Morgan fingerprint density at radius 3 is 2.89 bits per heavy atom. The van der Waals surface area contributed by atoms with Crippen LogP contribution in [0.3, 0.4) is 0 Å². The highest BCUT2D eigenvalue weighted by molar-refractivity contribution is 5.79. The van der Waals surface area contributed by atoms with Crippen molar-refractivity contribution in [3.05, 3.63) is 35.4 Å². The molecule has 1 N–H and O–H groups in total. The minimum atomic E-state index is 0.198. The molecule has 96 valence electrons. The molecule has 1 saturated heterocycles. The topological polar surface area (TPSA) is 32.3 Å². The van der Waals surface area contributed by atoms with Crippen LogP contribution in [0.25, 0.3) is 0 Å². The van der Waals surface area contributed by atoms with Crippen molar-refractivity contribution in [3.8, 4) is 0 Å². The van der Waals surface area contributed by atoms with E-state index in [9.17, 15) is 4.79 Å². The van der Waals surface area contributed by atoms with E-state index in [2.05, 4.69) is 29.6 Å². The van der Waals surface area contributed by atoms with E-state index in [0.29, 0.717) is 5.91 Å². The maximum atomic E-state index is 12.4. The molecule has 1 fully saturated rings. The van der Waals surface area contributed by atoms with Crippen LogP contribution in [0.5, 0.6) is 0 Å². The van der Waals surface area contributed by atoms with Gasteiger partial charge < -0.3 is 10.2 Å². The zero-order chi connectivity index (χ0) is 12.4. The molecule has 1 amide bonds. The average molecular weight is 244 g/mol. The highest BCUT2D eigenvalue weighted by Crippen LogP contribution is 2.21. The SMILES string of the molecule is O=C(C1CCCNC1)N1CCc2ccccc2C1. The lowest BCUT2D eigenvalue weighted by Crippen LogP contribution is -2.44. The number of rotatable bonds is 1. The molecule has 1 atom stereocenters. The number of hydrogen-bond donors (Lipinski definition) is 1. The second-order valence-corrected chi connectivity index (χ2v) is 5.32. The second-order valence-electron chi connectivity index (χ2n) is 5.32. The number of carbonyl (C=O) groups excluding carboxylic acids is 1. The van der Waals surface area contributed by atoms with Crippen molar-refractivity contribution in [2.24, 2.45) is 5.92 Å². The predicted octanol–water partition coefficient (Wildman–Crippen LogP) is 1.57. The van der Waals surface area contributed by atoms with Gasteiger partial charge in [0.25, 0.3) is 0 Å². The first-order valence-corrected chi connectivity index (χ1v) is 6.91. The molecule has 2 aliphatic heterocycles. The molecule has 2 heterocycles. The molecule has 0 bridgehead atoms.